The second-order valence-corrected chi connectivity index (χ2v) is 3.57. The van der Waals surface area contributed by atoms with Gasteiger partial charge in [0.05, 0.1) is 17.4 Å². The first-order chi connectivity index (χ1) is 6.53. The molecule has 74 valence electrons. The summed E-state index contributed by atoms with van der Waals surface area (Å²) in [4.78, 5) is 0. The summed E-state index contributed by atoms with van der Waals surface area (Å²) in [6.45, 7) is 3.66. The van der Waals surface area contributed by atoms with Gasteiger partial charge in [-0.05, 0) is 19.9 Å². The molecule has 1 aromatic heterocycles. The van der Waals surface area contributed by atoms with E-state index in [1.54, 1.807) is 19.9 Å². The lowest BCUT2D eigenvalue weighted by molar-refractivity contribution is 0.0944. The molecule has 0 aliphatic rings. The maximum Gasteiger partial charge on any atom is 0.166 e. The van der Waals surface area contributed by atoms with Crippen molar-refractivity contribution in [2.45, 2.75) is 19.4 Å². The molecule has 0 bridgehead atoms. The van der Waals surface area contributed by atoms with Gasteiger partial charge in [0.25, 0.3) is 0 Å². The summed E-state index contributed by atoms with van der Waals surface area (Å²) in [7, 11) is 0. The third kappa shape index (κ3) is 2.99. The van der Waals surface area contributed by atoms with E-state index in [9.17, 15) is 5.11 Å². The first-order valence-corrected chi connectivity index (χ1v) is 4.21. The first-order valence-electron chi connectivity index (χ1n) is 4.21. The molecule has 1 rings (SSSR count). The van der Waals surface area contributed by atoms with Crippen LogP contribution in [0.1, 0.15) is 19.4 Å². The molecule has 14 heavy (non-hydrogen) atoms. The lowest BCUT2D eigenvalue weighted by Gasteiger charge is -2.17. The van der Waals surface area contributed by atoms with Crippen molar-refractivity contribution in [2.24, 2.45) is 0 Å². The zero-order valence-electron chi connectivity index (χ0n) is 8.15. The number of aliphatic hydroxyl groups is 1. The molecule has 5 nitrogen and oxygen atoms in total. The van der Waals surface area contributed by atoms with Gasteiger partial charge in [-0.25, -0.2) is 0 Å². The van der Waals surface area contributed by atoms with Crippen LogP contribution in [0.2, 0.25) is 0 Å². The van der Waals surface area contributed by atoms with E-state index in [2.05, 4.69) is 15.5 Å². The van der Waals surface area contributed by atoms with Crippen molar-refractivity contribution in [1.29, 1.82) is 5.26 Å². The largest absolute Gasteiger partial charge is 0.389 e. The average molecular weight is 192 g/mol. The van der Waals surface area contributed by atoms with Crippen LogP contribution < -0.4 is 5.32 Å². The molecule has 0 saturated carbocycles. The van der Waals surface area contributed by atoms with Crippen LogP contribution in [0.25, 0.3) is 0 Å². The normalized spacial score (nSPS) is 10.7. The Hall–Kier alpha value is -1.67. The third-order valence-corrected chi connectivity index (χ3v) is 1.53. The highest BCUT2D eigenvalue weighted by Gasteiger charge is 2.13. The van der Waals surface area contributed by atoms with E-state index in [1.807, 2.05) is 6.07 Å². The Kier molecular flexibility index (Phi) is 2.99. The van der Waals surface area contributed by atoms with Gasteiger partial charge in [-0.3, -0.25) is 0 Å². The minimum atomic E-state index is -0.843. The number of nitriles is 1. The quantitative estimate of drug-likeness (QED) is 0.730. The van der Waals surface area contributed by atoms with Crippen molar-refractivity contribution < 1.29 is 5.11 Å². The lowest BCUT2D eigenvalue weighted by atomic mass is 10.1. The molecule has 0 aliphatic carbocycles. The van der Waals surface area contributed by atoms with Gasteiger partial charge in [0, 0.05) is 6.54 Å². The van der Waals surface area contributed by atoms with Gasteiger partial charge in [-0.2, -0.15) is 10.4 Å². The number of hydrogen-bond donors (Lipinski definition) is 2. The van der Waals surface area contributed by atoms with Crippen LogP contribution in [-0.2, 0) is 0 Å². The van der Waals surface area contributed by atoms with E-state index in [-0.39, 0.29) is 0 Å². The number of hydrogen-bond acceptors (Lipinski definition) is 5. The molecule has 2 N–H and O–H groups in total. The van der Waals surface area contributed by atoms with Crippen LogP contribution >= 0.6 is 0 Å². The molecule has 1 aromatic rings. The summed E-state index contributed by atoms with van der Waals surface area (Å²) in [6.07, 6.45) is 1.45. The summed E-state index contributed by atoms with van der Waals surface area (Å²) in [6, 6.07) is 3.55. The average Bonchev–Trinajstić information content (AvgIpc) is 2.14. The van der Waals surface area contributed by atoms with Gasteiger partial charge in [-0.15, -0.1) is 5.10 Å². The van der Waals surface area contributed by atoms with Crippen LogP contribution in [0, 0.1) is 11.3 Å². The maximum absolute atomic E-state index is 9.45. The predicted molar refractivity (Wildman–Crippen MR) is 51.5 cm³/mol. The highest BCUT2D eigenvalue weighted by molar-refractivity contribution is 5.50. The third-order valence-electron chi connectivity index (χ3n) is 1.53. The Labute approximate surface area is 82.4 Å². The van der Waals surface area contributed by atoms with E-state index >= 15 is 0 Å². The Morgan fingerprint density at radius 3 is 2.93 bits per heavy atom. The molecule has 0 aromatic carbocycles. The van der Waals surface area contributed by atoms with E-state index in [1.165, 1.54) is 6.20 Å². The Morgan fingerprint density at radius 2 is 2.36 bits per heavy atom. The van der Waals surface area contributed by atoms with E-state index in [0.717, 1.165) is 0 Å². The summed E-state index contributed by atoms with van der Waals surface area (Å²) in [5.74, 6) is 0.400. The second-order valence-electron chi connectivity index (χ2n) is 3.57. The molecule has 0 saturated heterocycles. The number of nitrogens with zero attached hydrogens (tertiary/aromatic N) is 3. The maximum atomic E-state index is 9.45. The summed E-state index contributed by atoms with van der Waals surface area (Å²) >= 11 is 0. The zero-order valence-corrected chi connectivity index (χ0v) is 8.15. The zero-order chi connectivity index (χ0) is 10.6. The van der Waals surface area contributed by atoms with Crippen molar-refractivity contribution in [3.8, 4) is 6.07 Å². The molecule has 5 heteroatoms. The summed E-state index contributed by atoms with van der Waals surface area (Å²) < 4.78 is 0. The Balaban J connectivity index is 2.73. The molecular formula is C9H12N4O. The molecule has 1 heterocycles. The number of nitrogens with one attached hydrogen (secondary N) is 1. The second kappa shape index (κ2) is 4.03. The Bertz CT molecular complexity index is 351. The minimum absolute atomic E-state index is 0.320. The molecule has 0 amide bonds. The van der Waals surface area contributed by atoms with Crippen molar-refractivity contribution in [2.75, 3.05) is 11.9 Å². The van der Waals surface area contributed by atoms with Crippen molar-refractivity contribution in [1.82, 2.24) is 10.2 Å². The smallest absolute Gasteiger partial charge is 0.166 e. The molecule has 0 aliphatic heterocycles. The summed E-state index contributed by atoms with van der Waals surface area (Å²) in [5.41, 5.74) is -0.422. The van der Waals surface area contributed by atoms with E-state index < -0.39 is 5.60 Å². The van der Waals surface area contributed by atoms with Gasteiger partial charge in [0.15, 0.2) is 5.82 Å². The fraction of sp³-hybridized carbons (Fsp3) is 0.444. The SMILES string of the molecule is CC(C)(O)CNc1nnccc1C#N. The summed E-state index contributed by atoms with van der Waals surface area (Å²) in [5, 5.41) is 28.4. The highest BCUT2D eigenvalue weighted by atomic mass is 16.3. The predicted octanol–water partition coefficient (Wildman–Crippen LogP) is 0.531. The van der Waals surface area contributed by atoms with Gasteiger partial charge >= 0.3 is 0 Å². The Morgan fingerprint density at radius 1 is 1.64 bits per heavy atom. The molecular weight excluding hydrogens is 180 g/mol. The standard InChI is InChI=1S/C9H12N4O/c1-9(2,14)6-11-8-7(5-10)3-4-12-13-8/h3-4,14H,6H2,1-2H3,(H,11,13). The molecule has 0 spiro atoms. The monoisotopic (exact) mass is 192 g/mol. The van der Waals surface area contributed by atoms with Gasteiger partial charge in [0.2, 0.25) is 0 Å². The van der Waals surface area contributed by atoms with Crippen LogP contribution in [0.4, 0.5) is 5.82 Å². The number of anilines is 1. The first kappa shape index (κ1) is 10.4. The van der Waals surface area contributed by atoms with E-state index in [4.69, 9.17) is 5.26 Å². The van der Waals surface area contributed by atoms with Crippen molar-refractivity contribution in [3.05, 3.63) is 17.8 Å². The molecule has 0 radical (unpaired) electrons. The molecule has 0 atom stereocenters. The van der Waals surface area contributed by atoms with Crippen LogP contribution in [-0.4, -0.2) is 27.4 Å². The fourth-order valence-corrected chi connectivity index (χ4v) is 0.853. The minimum Gasteiger partial charge on any atom is -0.389 e. The van der Waals surface area contributed by atoms with Crippen LogP contribution in [0.5, 0.6) is 0 Å². The van der Waals surface area contributed by atoms with Crippen molar-refractivity contribution in [3.63, 3.8) is 0 Å². The fourth-order valence-electron chi connectivity index (χ4n) is 0.853. The van der Waals surface area contributed by atoms with E-state index in [0.29, 0.717) is 17.9 Å². The number of rotatable bonds is 3. The molecule has 0 unspecified atom stereocenters. The van der Waals surface area contributed by atoms with Gasteiger partial charge < -0.3 is 10.4 Å². The lowest BCUT2D eigenvalue weighted by Crippen LogP contribution is -2.29. The van der Waals surface area contributed by atoms with Crippen LogP contribution in [0.3, 0.4) is 0 Å². The highest BCUT2D eigenvalue weighted by Crippen LogP contribution is 2.10. The van der Waals surface area contributed by atoms with Crippen molar-refractivity contribution >= 4 is 5.82 Å². The topological polar surface area (TPSA) is 81.8 Å². The van der Waals surface area contributed by atoms with Gasteiger partial charge in [-0.1, -0.05) is 0 Å². The number of aromatic nitrogens is 2. The van der Waals surface area contributed by atoms with Gasteiger partial charge in [0.1, 0.15) is 6.07 Å². The van der Waals surface area contributed by atoms with Crippen LogP contribution in [0.15, 0.2) is 12.3 Å². The molecule has 0 fully saturated rings.